The molecule has 0 aliphatic heterocycles. The highest BCUT2D eigenvalue weighted by molar-refractivity contribution is 9.10. The fraction of sp³-hybridized carbons (Fsp3) is 0.273. The number of carbonyl (C=O) groups is 1. The van der Waals surface area contributed by atoms with Gasteiger partial charge >= 0.3 is 0 Å². The molecule has 2 aromatic carbocycles. The molecule has 146 valence electrons. The van der Waals surface area contributed by atoms with Gasteiger partial charge in [-0.15, -0.1) is 11.3 Å². The van der Waals surface area contributed by atoms with Gasteiger partial charge < -0.3 is 10.6 Å². The molecule has 0 aliphatic carbocycles. The number of carbonyl (C=O) groups excluding carboxylic acids is 1. The summed E-state index contributed by atoms with van der Waals surface area (Å²) in [6, 6.07) is 16.7. The van der Waals surface area contributed by atoms with Gasteiger partial charge in [-0.2, -0.15) is 0 Å². The van der Waals surface area contributed by atoms with Crippen LogP contribution in [0.5, 0.6) is 0 Å². The van der Waals surface area contributed by atoms with Gasteiger partial charge in [-0.1, -0.05) is 65.7 Å². The first-order chi connectivity index (χ1) is 13.5. The Morgan fingerprint density at radius 3 is 2.54 bits per heavy atom. The van der Waals surface area contributed by atoms with Gasteiger partial charge in [-0.05, 0) is 36.6 Å². The number of aromatic nitrogens is 1. The number of aryl methyl sites for hydroxylation is 1. The molecule has 0 aliphatic rings. The van der Waals surface area contributed by atoms with Crippen molar-refractivity contribution in [3.05, 3.63) is 69.5 Å². The number of hydrogen-bond donors (Lipinski definition) is 2. The van der Waals surface area contributed by atoms with Crippen LogP contribution < -0.4 is 10.6 Å². The summed E-state index contributed by atoms with van der Waals surface area (Å²) in [6.07, 6.45) is 2.24. The second-order valence-electron chi connectivity index (χ2n) is 6.69. The zero-order valence-electron chi connectivity index (χ0n) is 16.0. The highest BCUT2D eigenvalue weighted by atomic mass is 79.9. The topological polar surface area (TPSA) is 54.0 Å². The van der Waals surface area contributed by atoms with Crippen LogP contribution in [0.25, 0.3) is 11.3 Å². The molecular weight excluding hydrogens is 434 g/mol. The van der Waals surface area contributed by atoms with Crippen molar-refractivity contribution in [1.29, 1.82) is 0 Å². The molecule has 3 aromatic rings. The van der Waals surface area contributed by atoms with Gasteiger partial charge in [-0.3, -0.25) is 4.79 Å². The Labute approximate surface area is 178 Å². The van der Waals surface area contributed by atoms with Crippen LogP contribution in [-0.2, 0) is 11.2 Å². The van der Waals surface area contributed by atoms with Gasteiger partial charge in [0.1, 0.15) is 0 Å². The summed E-state index contributed by atoms with van der Waals surface area (Å²) < 4.78 is 1.03. The van der Waals surface area contributed by atoms with Crippen LogP contribution >= 0.6 is 27.3 Å². The molecule has 0 spiro atoms. The third-order valence-corrected chi connectivity index (χ3v) is 5.76. The Morgan fingerprint density at radius 2 is 1.86 bits per heavy atom. The lowest BCUT2D eigenvalue weighted by atomic mass is 10.0. The molecule has 6 heteroatoms. The number of anilines is 1. The standard InChI is InChI=1S/C22H24BrN3OS/c1-3-4-16-5-7-17(8-6-16)15(2)24-13-21(27)26-22-25-20(14-28-22)18-9-11-19(23)12-10-18/h5-12,14-15,24H,3-4,13H2,1-2H3,(H,25,26,27)/t15-/m1/s1. The lowest BCUT2D eigenvalue weighted by Crippen LogP contribution is -2.30. The SMILES string of the molecule is CCCc1ccc([C@@H](C)NCC(=O)Nc2nc(-c3ccc(Br)cc3)cs2)cc1. The monoisotopic (exact) mass is 457 g/mol. The van der Waals surface area contributed by atoms with Crippen molar-refractivity contribution in [2.24, 2.45) is 0 Å². The van der Waals surface area contributed by atoms with Gasteiger partial charge in [0, 0.05) is 21.5 Å². The van der Waals surface area contributed by atoms with Crippen molar-refractivity contribution >= 4 is 38.3 Å². The van der Waals surface area contributed by atoms with Gasteiger partial charge in [0.15, 0.2) is 5.13 Å². The van der Waals surface area contributed by atoms with E-state index < -0.39 is 0 Å². The van der Waals surface area contributed by atoms with Gasteiger partial charge in [-0.25, -0.2) is 4.98 Å². The quantitative estimate of drug-likeness (QED) is 0.448. The van der Waals surface area contributed by atoms with E-state index >= 15 is 0 Å². The smallest absolute Gasteiger partial charge is 0.240 e. The molecule has 1 aromatic heterocycles. The molecule has 0 saturated heterocycles. The minimum Gasteiger partial charge on any atom is -0.302 e. The van der Waals surface area contributed by atoms with Crippen LogP contribution in [0.15, 0.2) is 58.4 Å². The molecule has 0 saturated carbocycles. The normalized spacial score (nSPS) is 12.0. The molecule has 1 atom stereocenters. The molecule has 2 N–H and O–H groups in total. The van der Waals surface area contributed by atoms with Gasteiger partial charge in [0.25, 0.3) is 0 Å². The highest BCUT2D eigenvalue weighted by Crippen LogP contribution is 2.26. The average molecular weight is 458 g/mol. The lowest BCUT2D eigenvalue weighted by molar-refractivity contribution is -0.115. The summed E-state index contributed by atoms with van der Waals surface area (Å²) in [5.74, 6) is -0.0915. The number of nitrogens with one attached hydrogen (secondary N) is 2. The molecule has 1 heterocycles. The lowest BCUT2D eigenvalue weighted by Gasteiger charge is -2.14. The minimum atomic E-state index is -0.0915. The number of nitrogens with zero attached hydrogens (tertiary/aromatic N) is 1. The Kier molecular flexibility index (Phi) is 7.36. The summed E-state index contributed by atoms with van der Waals surface area (Å²) >= 11 is 4.86. The number of amides is 1. The number of thiazole rings is 1. The summed E-state index contributed by atoms with van der Waals surface area (Å²) in [5.41, 5.74) is 4.42. The maximum atomic E-state index is 12.3. The minimum absolute atomic E-state index is 0.0915. The molecule has 0 unspecified atom stereocenters. The molecular formula is C22H24BrN3OS. The largest absolute Gasteiger partial charge is 0.302 e. The van der Waals surface area contributed by atoms with E-state index in [0.29, 0.717) is 5.13 Å². The molecule has 3 rings (SSSR count). The summed E-state index contributed by atoms with van der Waals surface area (Å²) in [5, 5.41) is 8.71. The van der Waals surface area contributed by atoms with Crippen LogP contribution in [0.1, 0.15) is 37.4 Å². The van der Waals surface area contributed by atoms with Crippen LogP contribution in [0.3, 0.4) is 0 Å². The third-order valence-electron chi connectivity index (χ3n) is 4.48. The van der Waals surface area contributed by atoms with Crippen molar-refractivity contribution in [1.82, 2.24) is 10.3 Å². The van der Waals surface area contributed by atoms with Crippen molar-refractivity contribution in [3.8, 4) is 11.3 Å². The molecule has 4 nitrogen and oxygen atoms in total. The second-order valence-corrected chi connectivity index (χ2v) is 8.46. The van der Waals surface area contributed by atoms with Crippen molar-refractivity contribution in [2.45, 2.75) is 32.7 Å². The second kappa shape index (κ2) is 9.96. The fourth-order valence-electron chi connectivity index (χ4n) is 2.87. The summed E-state index contributed by atoms with van der Waals surface area (Å²) in [6.45, 7) is 4.49. The Bertz CT molecular complexity index is 906. The van der Waals surface area contributed by atoms with Crippen LogP contribution in [-0.4, -0.2) is 17.4 Å². The average Bonchev–Trinajstić information content (AvgIpc) is 3.16. The van der Waals surface area contributed by atoms with Crippen molar-refractivity contribution < 1.29 is 4.79 Å². The maximum Gasteiger partial charge on any atom is 0.240 e. The van der Waals surface area contributed by atoms with E-state index in [0.717, 1.165) is 28.6 Å². The number of rotatable bonds is 8. The Morgan fingerprint density at radius 1 is 1.14 bits per heavy atom. The Balaban J connectivity index is 1.51. The number of hydrogen-bond acceptors (Lipinski definition) is 4. The fourth-order valence-corrected chi connectivity index (χ4v) is 3.87. The van der Waals surface area contributed by atoms with E-state index in [2.05, 4.69) is 69.7 Å². The molecule has 0 bridgehead atoms. The van der Waals surface area contributed by atoms with E-state index in [1.165, 1.54) is 22.5 Å². The first kappa shape index (κ1) is 20.7. The number of benzene rings is 2. The van der Waals surface area contributed by atoms with E-state index in [4.69, 9.17) is 0 Å². The molecule has 0 radical (unpaired) electrons. The van der Waals surface area contributed by atoms with Gasteiger partial charge in [0.05, 0.1) is 12.2 Å². The zero-order valence-corrected chi connectivity index (χ0v) is 18.4. The number of halogens is 1. The van der Waals surface area contributed by atoms with Crippen LogP contribution in [0.4, 0.5) is 5.13 Å². The van der Waals surface area contributed by atoms with E-state index in [1.807, 2.05) is 29.6 Å². The van der Waals surface area contributed by atoms with Crippen molar-refractivity contribution in [3.63, 3.8) is 0 Å². The first-order valence-corrected chi connectivity index (χ1v) is 11.1. The third kappa shape index (κ3) is 5.74. The summed E-state index contributed by atoms with van der Waals surface area (Å²) in [4.78, 5) is 16.8. The maximum absolute atomic E-state index is 12.3. The zero-order chi connectivity index (χ0) is 19.9. The van der Waals surface area contributed by atoms with E-state index in [9.17, 15) is 4.79 Å². The summed E-state index contributed by atoms with van der Waals surface area (Å²) in [7, 11) is 0. The predicted molar refractivity (Wildman–Crippen MR) is 121 cm³/mol. The van der Waals surface area contributed by atoms with Crippen LogP contribution in [0.2, 0.25) is 0 Å². The highest BCUT2D eigenvalue weighted by Gasteiger charge is 2.11. The molecule has 28 heavy (non-hydrogen) atoms. The first-order valence-electron chi connectivity index (χ1n) is 9.38. The molecule has 1 amide bonds. The van der Waals surface area contributed by atoms with Crippen LogP contribution in [0, 0.1) is 0 Å². The Hall–Kier alpha value is -2.02. The predicted octanol–water partition coefficient (Wildman–Crippen LogP) is 5.81. The van der Waals surface area contributed by atoms with Crippen molar-refractivity contribution in [2.75, 3.05) is 11.9 Å². The van der Waals surface area contributed by atoms with Gasteiger partial charge in [0.2, 0.25) is 5.91 Å². The van der Waals surface area contributed by atoms with E-state index in [-0.39, 0.29) is 18.5 Å². The van der Waals surface area contributed by atoms with E-state index in [1.54, 1.807) is 0 Å². The molecule has 0 fully saturated rings.